The van der Waals surface area contributed by atoms with Gasteiger partial charge in [0.05, 0.1) is 16.8 Å². The van der Waals surface area contributed by atoms with Crippen LogP contribution in [0.1, 0.15) is 37.1 Å². The first kappa shape index (κ1) is 21.7. The van der Waals surface area contributed by atoms with Gasteiger partial charge in [0.2, 0.25) is 11.9 Å². The van der Waals surface area contributed by atoms with Crippen LogP contribution >= 0.6 is 0 Å². The molecule has 0 radical (unpaired) electrons. The minimum atomic E-state index is -0.188. The van der Waals surface area contributed by atoms with Crippen LogP contribution in [0.25, 0.3) is 10.8 Å². The lowest BCUT2D eigenvalue weighted by Gasteiger charge is -2.18. The number of rotatable bonds is 6. The summed E-state index contributed by atoms with van der Waals surface area (Å²) in [5.41, 5.74) is 1.18. The summed E-state index contributed by atoms with van der Waals surface area (Å²) in [6.07, 6.45) is 1.56. The lowest BCUT2D eigenvalue weighted by atomic mass is 10.0. The third-order valence-corrected chi connectivity index (χ3v) is 5.95. The van der Waals surface area contributed by atoms with Gasteiger partial charge in [-0.1, -0.05) is 18.2 Å². The molecule has 0 saturated carbocycles. The number of carbonyl (C=O) groups is 1. The van der Waals surface area contributed by atoms with Crippen molar-refractivity contribution in [1.82, 2.24) is 24.6 Å². The van der Waals surface area contributed by atoms with Crippen molar-refractivity contribution in [2.75, 3.05) is 32.1 Å². The molecule has 1 aliphatic heterocycles. The molecule has 1 saturated heterocycles. The molecule has 9 nitrogen and oxygen atoms in total. The van der Waals surface area contributed by atoms with Gasteiger partial charge in [-0.15, -0.1) is 0 Å². The molecule has 1 aromatic carbocycles. The molecule has 1 aliphatic rings. The molecule has 0 aliphatic carbocycles. The van der Waals surface area contributed by atoms with Gasteiger partial charge >= 0.3 is 0 Å². The number of hydrogen-bond donors (Lipinski definition) is 1. The highest BCUT2D eigenvalue weighted by Gasteiger charge is 2.29. The third-order valence-electron chi connectivity index (χ3n) is 5.95. The van der Waals surface area contributed by atoms with Gasteiger partial charge in [0.25, 0.3) is 11.1 Å². The zero-order valence-corrected chi connectivity index (χ0v) is 18.7. The normalized spacial score (nSPS) is 16.0. The van der Waals surface area contributed by atoms with Crippen LogP contribution in [-0.4, -0.2) is 57.7 Å². The number of carbonyl (C=O) groups excluding carboxylic acids is 1. The fourth-order valence-electron chi connectivity index (χ4n) is 4.20. The largest absolute Gasteiger partial charge is 0.348 e. The summed E-state index contributed by atoms with van der Waals surface area (Å²) >= 11 is 0. The Bertz CT molecular complexity index is 1260. The van der Waals surface area contributed by atoms with Crippen LogP contribution in [0.3, 0.4) is 0 Å². The van der Waals surface area contributed by atoms with Crippen LogP contribution in [0.15, 0.2) is 39.9 Å². The molecule has 1 fully saturated rings. The number of aryl methyl sites for hydroxylation is 2. The monoisotopic (exact) mass is 436 g/mol. The molecule has 0 bridgehead atoms. The van der Waals surface area contributed by atoms with Crippen molar-refractivity contribution in [3.05, 3.63) is 62.4 Å². The van der Waals surface area contributed by atoms with Gasteiger partial charge in [0.15, 0.2) is 0 Å². The molecule has 1 amide bonds. The van der Waals surface area contributed by atoms with E-state index >= 15 is 0 Å². The first-order valence-corrected chi connectivity index (χ1v) is 10.9. The smallest absolute Gasteiger partial charge is 0.274 e. The Kier molecular flexibility index (Phi) is 6.07. The summed E-state index contributed by atoms with van der Waals surface area (Å²) in [6.45, 7) is 3.55. The van der Waals surface area contributed by atoms with E-state index in [2.05, 4.69) is 15.1 Å². The molecular weight excluding hydrogens is 408 g/mol. The molecule has 3 aromatic rings. The van der Waals surface area contributed by atoms with Crippen LogP contribution in [0.4, 0.5) is 5.95 Å². The Balaban J connectivity index is 1.47. The quantitative estimate of drug-likeness (QED) is 0.628. The number of aromatic amines is 1. The maximum Gasteiger partial charge on any atom is 0.274 e. The average Bonchev–Trinajstić information content (AvgIpc) is 3.29. The fourth-order valence-corrected chi connectivity index (χ4v) is 4.20. The molecule has 168 valence electrons. The van der Waals surface area contributed by atoms with E-state index in [0.29, 0.717) is 43.8 Å². The first-order valence-electron chi connectivity index (χ1n) is 10.9. The molecule has 32 heavy (non-hydrogen) atoms. The van der Waals surface area contributed by atoms with Gasteiger partial charge in [-0.25, -0.2) is 9.67 Å². The summed E-state index contributed by atoms with van der Waals surface area (Å²) < 4.78 is 1.45. The van der Waals surface area contributed by atoms with Gasteiger partial charge in [-0.05, 0) is 19.4 Å². The number of hydrogen-bond acceptors (Lipinski definition) is 6. The van der Waals surface area contributed by atoms with Crippen molar-refractivity contribution in [3.63, 3.8) is 0 Å². The highest BCUT2D eigenvalue weighted by atomic mass is 16.2. The predicted octanol–water partition coefficient (Wildman–Crippen LogP) is 1.51. The van der Waals surface area contributed by atoms with Crippen LogP contribution in [0.2, 0.25) is 0 Å². The molecular formula is C23H28N6O3. The molecule has 0 unspecified atom stereocenters. The van der Waals surface area contributed by atoms with Crippen LogP contribution in [0, 0.1) is 0 Å². The maximum atomic E-state index is 12.9. The van der Waals surface area contributed by atoms with E-state index in [1.165, 1.54) is 10.7 Å². The number of fused-ring (bicyclic) bond motifs is 1. The number of anilines is 1. The summed E-state index contributed by atoms with van der Waals surface area (Å²) in [5, 5.41) is 5.93. The standard InChI is InChI=1S/C23H28N6O3/c1-4-29-22(32)17-8-6-5-7-16(17)18(26-29)9-10-21(31)28-12-11-15(14-28)19-13-20(30)25-23(24-19)27(2)3/h5-8,13,15H,4,9-12,14H2,1-3H3,(H,24,25,30)/t15-/m1/s1. The summed E-state index contributed by atoms with van der Waals surface area (Å²) in [7, 11) is 3.65. The van der Waals surface area contributed by atoms with Gasteiger partial charge in [-0.2, -0.15) is 5.10 Å². The van der Waals surface area contributed by atoms with Crippen molar-refractivity contribution in [1.29, 1.82) is 0 Å². The van der Waals surface area contributed by atoms with Crippen molar-refractivity contribution in [2.45, 2.75) is 38.6 Å². The van der Waals surface area contributed by atoms with Crippen molar-refractivity contribution in [3.8, 4) is 0 Å². The van der Waals surface area contributed by atoms with E-state index in [4.69, 9.17) is 0 Å². The lowest BCUT2D eigenvalue weighted by molar-refractivity contribution is -0.130. The SMILES string of the molecule is CCn1nc(CCC(=O)N2CC[C@@H](c3cc(=O)[nH]c(N(C)C)n3)C2)c2ccccc2c1=O. The molecule has 9 heteroatoms. The second-order valence-corrected chi connectivity index (χ2v) is 8.33. The molecule has 1 atom stereocenters. The minimum absolute atomic E-state index is 0.0425. The summed E-state index contributed by atoms with van der Waals surface area (Å²) in [5.74, 6) is 0.604. The number of benzene rings is 1. The Morgan fingerprint density at radius 1 is 1.22 bits per heavy atom. The molecule has 3 heterocycles. The van der Waals surface area contributed by atoms with Crippen LogP contribution in [-0.2, 0) is 17.8 Å². The Labute approximate surface area is 185 Å². The Morgan fingerprint density at radius 3 is 2.69 bits per heavy atom. The molecule has 0 spiro atoms. The number of amides is 1. The third kappa shape index (κ3) is 4.28. The molecule has 2 aromatic heterocycles. The number of nitrogens with one attached hydrogen (secondary N) is 1. The summed E-state index contributed by atoms with van der Waals surface area (Å²) in [6, 6.07) is 8.94. The van der Waals surface area contributed by atoms with E-state index in [1.54, 1.807) is 11.0 Å². The lowest BCUT2D eigenvalue weighted by Crippen LogP contribution is -2.29. The second-order valence-electron chi connectivity index (χ2n) is 8.33. The maximum absolute atomic E-state index is 12.9. The van der Waals surface area contributed by atoms with Gasteiger partial charge in [-0.3, -0.25) is 19.4 Å². The average molecular weight is 437 g/mol. The van der Waals surface area contributed by atoms with E-state index in [-0.39, 0.29) is 22.9 Å². The van der Waals surface area contributed by atoms with Gasteiger partial charge in [0.1, 0.15) is 0 Å². The van der Waals surface area contributed by atoms with E-state index in [9.17, 15) is 14.4 Å². The Hall–Kier alpha value is -3.49. The fraction of sp³-hybridized carbons (Fsp3) is 0.435. The van der Waals surface area contributed by atoms with Gasteiger partial charge in [0, 0.05) is 63.9 Å². The van der Waals surface area contributed by atoms with E-state index in [0.717, 1.165) is 23.2 Å². The number of aromatic nitrogens is 4. The summed E-state index contributed by atoms with van der Waals surface area (Å²) in [4.78, 5) is 48.3. The number of H-pyrrole nitrogens is 1. The zero-order chi connectivity index (χ0) is 22.8. The van der Waals surface area contributed by atoms with E-state index in [1.807, 2.05) is 44.1 Å². The van der Waals surface area contributed by atoms with Crippen molar-refractivity contribution in [2.24, 2.45) is 0 Å². The van der Waals surface area contributed by atoms with E-state index < -0.39 is 0 Å². The van der Waals surface area contributed by atoms with Gasteiger partial charge < -0.3 is 9.80 Å². The molecule has 4 rings (SSSR count). The zero-order valence-electron chi connectivity index (χ0n) is 18.7. The second kappa shape index (κ2) is 8.94. The Morgan fingerprint density at radius 2 is 1.97 bits per heavy atom. The highest BCUT2D eigenvalue weighted by Crippen LogP contribution is 2.26. The van der Waals surface area contributed by atoms with Crippen molar-refractivity contribution < 1.29 is 4.79 Å². The van der Waals surface area contributed by atoms with Crippen LogP contribution < -0.4 is 16.0 Å². The minimum Gasteiger partial charge on any atom is -0.348 e. The predicted molar refractivity (Wildman–Crippen MR) is 123 cm³/mol. The van der Waals surface area contributed by atoms with Crippen LogP contribution in [0.5, 0.6) is 0 Å². The number of nitrogens with zero attached hydrogens (tertiary/aromatic N) is 5. The highest BCUT2D eigenvalue weighted by molar-refractivity contribution is 5.84. The molecule has 1 N–H and O–H groups in total. The number of likely N-dealkylation sites (tertiary alicyclic amines) is 1. The van der Waals surface area contributed by atoms with Crippen molar-refractivity contribution >= 4 is 22.6 Å². The topological polar surface area (TPSA) is 104 Å². The first-order chi connectivity index (χ1) is 15.4.